The number of likely N-dealkylation sites (N-methyl/N-ethyl adjacent to an activating group) is 2. The van der Waals surface area contributed by atoms with Gasteiger partial charge in [-0.2, -0.15) is 0 Å². The van der Waals surface area contributed by atoms with E-state index in [9.17, 15) is 9.90 Å². The molecule has 0 aliphatic heterocycles. The van der Waals surface area contributed by atoms with Gasteiger partial charge >= 0.3 is 18.9 Å². The van der Waals surface area contributed by atoms with Crippen LogP contribution in [-0.4, -0.2) is 48.1 Å². The number of hydrogen-bond donors (Lipinski definition) is 0. The average molecular weight is 208 g/mol. The summed E-state index contributed by atoms with van der Waals surface area (Å²) in [6.07, 6.45) is -1.23. The second-order valence-electron chi connectivity index (χ2n) is 3.08. The fraction of sp³-hybridized carbons (Fsp3) is 0.900. The van der Waals surface area contributed by atoms with Gasteiger partial charge in [-0.05, 0) is 26.9 Å². The van der Waals surface area contributed by atoms with Crippen LogP contribution in [-0.2, 0) is 4.79 Å². The molecule has 0 heterocycles. The number of rotatable bonds is 6. The summed E-state index contributed by atoms with van der Waals surface area (Å²) in [6.45, 7) is 10.0. The van der Waals surface area contributed by atoms with E-state index in [1.54, 1.807) is 9.80 Å². The van der Waals surface area contributed by atoms with E-state index in [2.05, 4.69) is 0 Å². The third-order valence-corrected chi connectivity index (χ3v) is 2.43. The summed E-state index contributed by atoms with van der Waals surface area (Å²) in [5, 5.41) is 11.7. The van der Waals surface area contributed by atoms with E-state index >= 15 is 0 Å². The molecule has 0 aromatic rings. The van der Waals surface area contributed by atoms with Gasteiger partial charge in [-0.25, -0.2) is 0 Å². The predicted octanol–water partition coefficient (Wildman–Crippen LogP) is -3.11. The molecule has 0 rings (SSSR count). The molecule has 1 atom stereocenters. The Balaban J connectivity index is 0. The van der Waals surface area contributed by atoms with Gasteiger partial charge in [0.25, 0.3) is 0 Å². The molecule has 4 nitrogen and oxygen atoms in total. The van der Waals surface area contributed by atoms with Crippen LogP contribution in [0.2, 0.25) is 0 Å². The van der Waals surface area contributed by atoms with Gasteiger partial charge in [0.15, 0.2) is 0 Å². The van der Waals surface area contributed by atoms with Gasteiger partial charge in [0.05, 0.1) is 0 Å². The minimum Gasteiger partial charge on any atom is -0.833 e. The minimum atomic E-state index is -1.23. The largest absolute Gasteiger partial charge is 1.00 e. The second kappa shape index (κ2) is 9.23. The van der Waals surface area contributed by atoms with E-state index < -0.39 is 6.23 Å². The first-order valence-corrected chi connectivity index (χ1v) is 5.30. The standard InChI is InChI=1S/C10H21N2O2.Li/c1-5-11(6-2)9(13)10(14)12(7-3)8-4;/h9H,5-8H2,1-4H3;/q-1;+1. The van der Waals surface area contributed by atoms with Gasteiger partial charge in [-0.15, -0.1) is 0 Å². The van der Waals surface area contributed by atoms with Crippen molar-refractivity contribution in [1.29, 1.82) is 0 Å². The van der Waals surface area contributed by atoms with E-state index in [1.165, 1.54) is 0 Å². The fourth-order valence-electron chi connectivity index (χ4n) is 1.40. The molecule has 1 unspecified atom stereocenters. The van der Waals surface area contributed by atoms with Crippen LogP contribution in [0.1, 0.15) is 27.7 Å². The van der Waals surface area contributed by atoms with Crippen molar-refractivity contribution < 1.29 is 28.8 Å². The molecule has 0 spiro atoms. The van der Waals surface area contributed by atoms with Gasteiger partial charge in [0, 0.05) is 19.3 Å². The normalized spacial score (nSPS) is 12.1. The third-order valence-electron chi connectivity index (χ3n) is 2.43. The summed E-state index contributed by atoms with van der Waals surface area (Å²) in [5.41, 5.74) is 0. The van der Waals surface area contributed by atoms with Crippen LogP contribution in [0.15, 0.2) is 0 Å². The maximum Gasteiger partial charge on any atom is 1.00 e. The molecule has 0 radical (unpaired) electrons. The Labute approximate surface area is 105 Å². The van der Waals surface area contributed by atoms with Crippen molar-refractivity contribution in [3.8, 4) is 0 Å². The van der Waals surface area contributed by atoms with Crippen LogP contribution in [0.25, 0.3) is 0 Å². The molecule has 0 aliphatic carbocycles. The number of carbonyl (C=O) groups is 1. The van der Waals surface area contributed by atoms with Crippen molar-refractivity contribution in [2.24, 2.45) is 0 Å². The summed E-state index contributed by atoms with van der Waals surface area (Å²) >= 11 is 0. The topological polar surface area (TPSA) is 46.6 Å². The Morgan fingerprint density at radius 1 is 1.07 bits per heavy atom. The zero-order chi connectivity index (χ0) is 11.1. The molecule has 5 heteroatoms. The molecular weight excluding hydrogens is 187 g/mol. The van der Waals surface area contributed by atoms with Gasteiger partial charge in [-0.1, -0.05) is 13.8 Å². The molecule has 0 N–H and O–H groups in total. The fourth-order valence-corrected chi connectivity index (χ4v) is 1.40. The third kappa shape index (κ3) is 5.03. The Hall–Kier alpha value is -0.0126. The van der Waals surface area contributed by atoms with Crippen molar-refractivity contribution in [3.05, 3.63) is 0 Å². The van der Waals surface area contributed by atoms with Gasteiger partial charge < -0.3 is 14.9 Å². The first kappa shape index (κ1) is 17.4. The molecule has 0 aliphatic rings. The van der Waals surface area contributed by atoms with Crippen molar-refractivity contribution in [2.75, 3.05) is 26.2 Å². The van der Waals surface area contributed by atoms with Crippen molar-refractivity contribution in [2.45, 2.75) is 33.9 Å². The summed E-state index contributed by atoms with van der Waals surface area (Å²) in [5.74, 6) is -0.307. The zero-order valence-corrected chi connectivity index (χ0v) is 10.6. The van der Waals surface area contributed by atoms with Crippen molar-refractivity contribution >= 4 is 5.91 Å². The van der Waals surface area contributed by atoms with Crippen LogP contribution >= 0.6 is 0 Å². The van der Waals surface area contributed by atoms with Gasteiger partial charge in [0.2, 0.25) is 5.91 Å². The van der Waals surface area contributed by atoms with Crippen LogP contribution in [0.4, 0.5) is 0 Å². The van der Waals surface area contributed by atoms with E-state index in [1.807, 2.05) is 27.7 Å². The maximum atomic E-state index is 11.7. The van der Waals surface area contributed by atoms with E-state index in [0.29, 0.717) is 26.2 Å². The Kier molecular flexibility index (Phi) is 10.7. The molecule has 0 aromatic carbocycles. The smallest absolute Gasteiger partial charge is 0.833 e. The predicted molar refractivity (Wildman–Crippen MR) is 54.6 cm³/mol. The summed E-state index contributed by atoms with van der Waals surface area (Å²) in [7, 11) is 0. The number of nitrogens with zero attached hydrogens (tertiary/aromatic N) is 2. The Morgan fingerprint density at radius 2 is 1.47 bits per heavy atom. The second-order valence-corrected chi connectivity index (χ2v) is 3.08. The molecule has 0 saturated heterocycles. The summed E-state index contributed by atoms with van der Waals surface area (Å²) < 4.78 is 0. The van der Waals surface area contributed by atoms with E-state index in [0.717, 1.165) is 0 Å². The maximum absolute atomic E-state index is 11.7. The van der Waals surface area contributed by atoms with E-state index in [-0.39, 0.29) is 24.8 Å². The zero-order valence-electron chi connectivity index (χ0n) is 10.6. The first-order chi connectivity index (χ1) is 6.62. The Morgan fingerprint density at radius 3 is 1.73 bits per heavy atom. The van der Waals surface area contributed by atoms with Crippen LogP contribution < -0.4 is 24.0 Å². The number of amides is 1. The minimum absolute atomic E-state index is 0. The van der Waals surface area contributed by atoms with Crippen LogP contribution in [0, 0.1) is 0 Å². The molecule has 84 valence electrons. The van der Waals surface area contributed by atoms with Crippen LogP contribution in [0.3, 0.4) is 0 Å². The Bertz CT molecular complexity index is 171. The molecule has 15 heavy (non-hydrogen) atoms. The SMILES string of the molecule is CCN(CC)C(=O)C([O-])N(CC)CC.[Li+]. The quantitative estimate of drug-likeness (QED) is 0.343. The molecule has 1 amide bonds. The molecular formula is C10H21LiN2O2. The number of hydrogen-bond acceptors (Lipinski definition) is 3. The molecule has 0 fully saturated rings. The number of carbonyl (C=O) groups excluding carboxylic acids is 1. The first-order valence-electron chi connectivity index (χ1n) is 5.30. The molecule has 0 bridgehead atoms. The monoisotopic (exact) mass is 208 g/mol. The summed E-state index contributed by atoms with van der Waals surface area (Å²) in [6, 6.07) is 0. The molecule has 0 saturated carbocycles. The van der Waals surface area contributed by atoms with Crippen LogP contribution in [0.5, 0.6) is 0 Å². The average Bonchev–Trinajstić information content (AvgIpc) is 2.21. The molecule has 0 aromatic heterocycles. The van der Waals surface area contributed by atoms with Gasteiger partial charge in [0.1, 0.15) is 0 Å². The summed E-state index contributed by atoms with van der Waals surface area (Å²) in [4.78, 5) is 14.8. The van der Waals surface area contributed by atoms with E-state index in [4.69, 9.17) is 0 Å². The van der Waals surface area contributed by atoms with Crippen molar-refractivity contribution in [3.63, 3.8) is 0 Å². The van der Waals surface area contributed by atoms with Crippen molar-refractivity contribution in [1.82, 2.24) is 9.80 Å². The van der Waals surface area contributed by atoms with Gasteiger partial charge in [-0.3, -0.25) is 4.79 Å².